The summed E-state index contributed by atoms with van der Waals surface area (Å²) < 4.78 is 30.6. The standard InChI is InChI=1S/C12H18N2O3S2/c1-9(12(13)18)19(15,16)14(2)8-10-4-6-11(17-3)7-5-10/h4-7,9H,8H2,1-3H3,(H2,13,18). The van der Waals surface area contributed by atoms with Crippen LogP contribution in [0.25, 0.3) is 0 Å². The van der Waals surface area contributed by atoms with Gasteiger partial charge in [-0.2, -0.15) is 0 Å². The van der Waals surface area contributed by atoms with Gasteiger partial charge in [-0.15, -0.1) is 0 Å². The Morgan fingerprint density at radius 1 is 1.42 bits per heavy atom. The Morgan fingerprint density at radius 3 is 2.37 bits per heavy atom. The van der Waals surface area contributed by atoms with Crippen molar-refractivity contribution < 1.29 is 13.2 Å². The van der Waals surface area contributed by atoms with Gasteiger partial charge in [-0.3, -0.25) is 0 Å². The van der Waals surface area contributed by atoms with Gasteiger partial charge in [-0.1, -0.05) is 24.4 Å². The molecule has 0 aliphatic rings. The first kappa shape index (κ1) is 15.9. The summed E-state index contributed by atoms with van der Waals surface area (Å²) in [6, 6.07) is 7.20. The lowest BCUT2D eigenvalue weighted by molar-refractivity contribution is 0.414. The molecule has 0 aromatic heterocycles. The number of rotatable bonds is 6. The van der Waals surface area contributed by atoms with Crippen molar-refractivity contribution >= 4 is 27.2 Å². The van der Waals surface area contributed by atoms with Crippen LogP contribution in [0.5, 0.6) is 5.75 Å². The van der Waals surface area contributed by atoms with Crippen LogP contribution in [-0.4, -0.2) is 37.1 Å². The lowest BCUT2D eigenvalue weighted by Gasteiger charge is -2.21. The Labute approximate surface area is 119 Å². The quantitative estimate of drug-likeness (QED) is 0.798. The molecule has 0 fully saturated rings. The van der Waals surface area contributed by atoms with Crippen molar-refractivity contribution in [3.05, 3.63) is 29.8 Å². The van der Waals surface area contributed by atoms with Crippen molar-refractivity contribution in [1.82, 2.24) is 4.31 Å². The monoisotopic (exact) mass is 302 g/mol. The second-order valence-electron chi connectivity index (χ2n) is 4.19. The molecule has 7 heteroatoms. The number of methoxy groups -OCH3 is 1. The lowest BCUT2D eigenvalue weighted by atomic mass is 10.2. The third kappa shape index (κ3) is 3.89. The predicted molar refractivity (Wildman–Crippen MR) is 79.6 cm³/mol. The van der Waals surface area contributed by atoms with Crippen LogP contribution in [0.2, 0.25) is 0 Å². The zero-order valence-electron chi connectivity index (χ0n) is 11.2. The Kier molecular flexibility index (Phi) is 5.28. The summed E-state index contributed by atoms with van der Waals surface area (Å²) in [5.74, 6) is 0.728. The largest absolute Gasteiger partial charge is 0.497 e. The minimum Gasteiger partial charge on any atom is -0.497 e. The van der Waals surface area contributed by atoms with Crippen LogP contribution >= 0.6 is 12.2 Å². The lowest BCUT2D eigenvalue weighted by Crippen LogP contribution is -2.40. The van der Waals surface area contributed by atoms with E-state index < -0.39 is 15.3 Å². The van der Waals surface area contributed by atoms with E-state index in [9.17, 15) is 8.42 Å². The number of sulfonamides is 1. The van der Waals surface area contributed by atoms with Crippen LogP contribution in [-0.2, 0) is 16.6 Å². The van der Waals surface area contributed by atoms with Gasteiger partial charge in [0.25, 0.3) is 0 Å². The van der Waals surface area contributed by atoms with Crippen molar-refractivity contribution in [2.45, 2.75) is 18.7 Å². The average molecular weight is 302 g/mol. The van der Waals surface area contributed by atoms with Crippen molar-refractivity contribution in [1.29, 1.82) is 0 Å². The summed E-state index contributed by atoms with van der Waals surface area (Å²) in [6.07, 6.45) is 0. The first-order valence-electron chi connectivity index (χ1n) is 5.66. The van der Waals surface area contributed by atoms with Crippen LogP contribution in [0.3, 0.4) is 0 Å². The van der Waals surface area contributed by atoms with Crippen molar-refractivity contribution in [2.24, 2.45) is 5.73 Å². The van der Waals surface area contributed by atoms with Crippen LogP contribution in [0, 0.1) is 0 Å². The van der Waals surface area contributed by atoms with Gasteiger partial charge in [-0.25, -0.2) is 12.7 Å². The van der Waals surface area contributed by atoms with E-state index in [1.807, 2.05) is 12.1 Å². The second-order valence-corrected chi connectivity index (χ2v) is 7.03. The third-order valence-electron chi connectivity index (χ3n) is 2.85. The molecule has 0 radical (unpaired) electrons. The molecule has 1 aromatic rings. The van der Waals surface area contributed by atoms with E-state index in [1.54, 1.807) is 19.2 Å². The fourth-order valence-electron chi connectivity index (χ4n) is 1.49. The number of nitrogens with two attached hydrogens (primary N) is 1. The topological polar surface area (TPSA) is 72.6 Å². The van der Waals surface area contributed by atoms with Gasteiger partial charge in [-0.05, 0) is 24.6 Å². The van der Waals surface area contributed by atoms with Crippen LogP contribution in [0.4, 0.5) is 0 Å². The summed E-state index contributed by atoms with van der Waals surface area (Å²) in [5, 5.41) is -0.870. The van der Waals surface area contributed by atoms with E-state index in [0.29, 0.717) is 0 Å². The molecule has 2 N–H and O–H groups in total. The summed E-state index contributed by atoms with van der Waals surface area (Å²) in [6.45, 7) is 1.75. The Bertz CT molecular complexity index is 541. The molecule has 0 aliphatic carbocycles. The molecule has 0 saturated carbocycles. The molecular weight excluding hydrogens is 284 g/mol. The molecule has 1 aromatic carbocycles. The zero-order valence-corrected chi connectivity index (χ0v) is 12.8. The molecule has 1 unspecified atom stereocenters. The van der Waals surface area contributed by atoms with Gasteiger partial charge in [0.1, 0.15) is 11.0 Å². The molecule has 0 aliphatic heterocycles. The smallest absolute Gasteiger partial charge is 0.223 e. The molecule has 5 nitrogen and oxygen atoms in total. The van der Waals surface area contributed by atoms with E-state index in [1.165, 1.54) is 18.3 Å². The Hall–Kier alpha value is -1.18. The van der Waals surface area contributed by atoms with Crippen molar-refractivity contribution in [3.63, 3.8) is 0 Å². The summed E-state index contributed by atoms with van der Waals surface area (Å²) in [5.41, 5.74) is 6.26. The maximum atomic E-state index is 12.1. The SMILES string of the molecule is COc1ccc(CN(C)S(=O)(=O)C(C)C(N)=S)cc1. The summed E-state index contributed by atoms with van der Waals surface area (Å²) >= 11 is 4.74. The zero-order chi connectivity index (χ0) is 14.6. The van der Waals surface area contributed by atoms with Crippen molar-refractivity contribution in [2.75, 3.05) is 14.2 Å². The number of thiocarbonyl (C=S) groups is 1. The summed E-state index contributed by atoms with van der Waals surface area (Å²) in [7, 11) is -0.429. The van der Waals surface area contributed by atoms with Gasteiger partial charge >= 0.3 is 0 Å². The predicted octanol–water partition coefficient (Wildman–Crippen LogP) is 1.13. The molecule has 1 atom stereocenters. The van der Waals surface area contributed by atoms with Gasteiger partial charge < -0.3 is 10.5 Å². The molecule has 0 saturated heterocycles. The maximum Gasteiger partial charge on any atom is 0.223 e. The maximum absolute atomic E-state index is 12.1. The molecule has 1 rings (SSSR count). The van der Waals surface area contributed by atoms with Gasteiger partial charge in [0.05, 0.1) is 12.1 Å². The van der Waals surface area contributed by atoms with E-state index in [2.05, 4.69) is 0 Å². The number of benzene rings is 1. The van der Waals surface area contributed by atoms with E-state index in [0.717, 1.165) is 11.3 Å². The highest BCUT2D eigenvalue weighted by molar-refractivity contribution is 7.92. The first-order valence-corrected chi connectivity index (χ1v) is 7.57. The molecular formula is C12H18N2O3S2. The minimum atomic E-state index is -3.52. The van der Waals surface area contributed by atoms with Crippen molar-refractivity contribution in [3.8, 4) is 5.75 Å². The number of ether oxygens (including phenoxy) is 1. The highest BCUT2D eigenvalue weighted by Crippen LogP contribution is 2.15. The average Bonchev–Trinajstić information content (AvgIpc) is 2.38. The van der Waals surface area contributed by atoms with Crippen LogP contribution in [0.1, 0.15) is 12.5 Å². The minimum absolute atomic E-state index is 0.0263. The second kappa shape index (κ2) is 6.31. The number of hydrogen-bond donors (Lipinski definition) is 1. The molecule has 19 heavy (non-hydrogen) atoms. The molecule has 0 spiro atoms. The molecule has 0 heterocycles. The summed E-state index contributed by atoms with van der Waals surface area (Å²) in [4.78, 5) is -0.0263. The first-order chi connectivity index (χ1) is 8.78. The molecule has 0 amide bonds. The third-order valence-corrected chi connectivity index (χ3v) is 5.49. The number of nitrogens with zero attached hydrogens (tertiary/aromatic N) is 1. The normalized spacial score (nSPS) is 13.3. The van der Waals surface area contributed by atoms with Crippen LogP contribution < -0.4 is 10.5 Å². The van der Waals surface area contributed by atoms with E-state index >= 15 is 0 Å². The van der Waals surface area contributed by atoms with Crippen LogP contribution in [0.15, 0.2) is 24.3 Å². The highest BCUT2D eigenvalue weighted by Gasteiger charge is 2.27. The Morgan fingerprint density at radius 2 is 1.95 bits per heavy atom. The van der Waals surface area contributed by atoms with E-state index in [4.69, 9.17) is 22.7 Å². The number of hydrogen-bond acceptors (Lipinski definition) is 4. The van der Waals surface area contributed by atoms with E-state index in [-0.39, 0.29) is 11.5 Å². The fourth-order valence-corrected chi connectivity index (χ4v) is 3.02. The van der Waals surface area contributed by atoms with Gasteiger partial charge in [0, 0.05) is 13.6 Å². The fraction of sp³-hybridized carbons (Fsp3) is 0.417. The molecule has 106 valence electrons. The molecule has 0 bridgehead atoms. The van der Waals surface area contributed by atoms with Gasteiger partial charge in [0.15, 0.2) is 0 Å². The highest BCUT2D eigenvalue weighted by atomic mass is 32.2. The van der Waals surface area contributed by atoms with Gasteiger partial charge in [0.2, 0.25) is 10.0 Å². The Balaban J connectivity index is 2.83.